The molecule has 1 N–H and O–H groups in total. The van der Waals surface area contributed by atoms with Crippen LogP contribution in [-0.2, 0) is 0 Å². The van der Waals surface area contributed by atoms with E-state index in [1.54, 1.807) is 0 Å². The van der Waals surface area contributed by atoms with Crippen molar-refractivity contribution in [2.75, 3.05) is 0 Å². The van der Waals surface area contributed by atoms with E-state index in [0.717, 1.165) is 11.3 Å². The van der Waals surface area contributed by atoms with Crippen molar-refractivity contribution in [3.63, 3.8) is 0 Å². The summed E-state index contributed by atoms with van der Waals surface area (Å²) in [5.74, 6) is -1.12. The van der Waals surface area contributed by atoms with Gasteiger partial charge in [-0.2, -0.15) is 0 Å². The lowest BCUT2D eigenvalue weighted by Crippen LogP contribution is -1.95. The molecule has 3 nitrogen and oxygen atoms in total. The minimum Gasteiger partial charge on any atom is -0.477 e. The summed E-state index contributed by atoms with van der Waals surface area (Å²) in [5, 5.41) is 8.50. The molecular weight excluding hydrogens is 188 g/mol. The van der Waals surface area contributed by atoms with Gasteiger partial charge in [0, 0.05) is 5.56 Å². The van der Waals surface area contributed by atoms with Crippen LogP contribution in [0.5, 0.6) is 0 Å². The first-order valence-corrected chi connectivity index (χ1v) is 3.82. The Bertz CT molecular complexity index is 305. The Kier molecular flexibility index (Phi) is 2.26. The van der Waals surface area contributed by atoms with Crippen molar-refractivity contribution >= 4 is 35.2 Å². The molecule has 0 aromatic carbocycles. The van der Waals surface area contributed by atoms with Crippen LogP contribution in [0, 0.1) is 0 Å². The van der Waals surface area contributed by atoms with E-state index in [1.807, 2.05) is 0 Å². The number of aromatic carboxylic acids is 1. The van der Waals surface area contributed by atoms with E-state index in [4.69, 9.17) is 16.7 Å². The number of rotatable bonds is 2. The third-order valence-electron chi connectivity index (χ3n) is 1.05. The van der Waals surface area contributed by atoms with Gasteiger partial charge in [-0.3, -0.25) is 4.79 Å². The number of thiophene rings is 1. The van der Waals surface area contributed by atoms with Crippen LogP contribution in [0.1, 0.15) is 20.0 Å². The van der Waals surface area contributed by atoms with Crippen molar-refractivity contribution < 1.29 is 14.7 Å². The minimum atomic E-state index is -1.12. The standard InChI is InChI=1S/C6H3ClO3S/c7-4-1-3(2-8)5(11-4)6(9)10/h1-2H,(H,9,10). The minimum absolute atomic E-state index is 0.00926. The van der Waals surface area contributed by atoms with Gasteiger partial charge in [0.1, 0.15) is 4.88 Å². The van der Waals surface area contributed by atoms with Crippen LogP contribution >= 0.6 is 22.9 Å². The third kappa shape index (κ3) is 1.58. The molecule has 1 heterocycles. The quantitative estimate of drug-likeness (QED) is 0.725. The molecule has 1 aromatic rings. The van der Waals surface area contributed by atoms with Crippen LogP contribution in [0.25, 0.3) is 0 Å². The molecule has 0 spiro atoms. The topological polar surface area (TPSA) is 54.4 Å². The Morgan fingerprint density at radius 1 is 1.73 bits per heavy atom. The van der Waals surface area contributed by atoms with Gasteiger partial charge in [-0.25, -0.2) is 4.79 Å². The second kappa shape index (κ2) is 3.02. The largest absolute Gasteiger partial charge is 0.477 e. The number of carboxylic acid groups (broad SMARTS) is 1. The molecule has 0 fully saturated rings. The molecule has 0 amide bonds. The average Bonchev–Trinajstić information content (AvgIpc) is 2.30. The van der Waals surface area contributed by atoms with E-state index in [9.17, 15) is 9.59 Å². The summed E-state index contributed by atoms with van der Waals surface area (Å²) >= 11 is 6.37. The monoisotopic (exact) mass is 190 g/mol. The summed E-state index contributed by atoms with van der Waals surface area (Å²) in [5.41, 5.74) is 0.132. The zero-order chi connectivity index (χ0) is 8.43. The summed E-state index contributed by atoms with van der Waals surface area (Å²) in [6.45, 7) is 0. The molecule has 0 saturated heterocycles. The van der Waals surface area contributed by atoms with Crippen LogP contribution in [0.4, 0.5) is 0 Å². The number of halogens is 1. The first-order valence-electron chi connectivity index (χ1n) is 2.63. The van der Waals surface area contributed by atoms with Gasteiger partial charge in [0.15, 0.2) is 6.29 Å². The highest BCUT2D eigenvalue weighted by molar-refractivity contribution is 7.18. The van der Waals surface area contributed by atoms with Crippen molar-refractivity contribution in [3.8, 4) is 0 Å². The normalized spacial score (nSPS) is 9.55. The molecule has 0 radical (unpaired) electrons. The molecule has 5 heteroatoms. The van der Waals surface area contributed by atoms with Crippen LogP contribution in [0.15, 0.2) is 6.07 Å². The zero-order valence-corrected chi connectivity index (χ0v) is 6.78. The van der Waals surface area contributed by atoms with Crippen LogP contribution in [-0.4, -0.2) is 17.4 Å². The van der Waals surface area contributed by atoms with Gasteiger partial charge in [-0.15, -0.1) is 11.3 Å². The number of hydrogen-bond acceptors (Lipinski definition) is 3. The third-order valence-corrected chi connectivity index (χ3v) is 2.32. The van der Waals surface area contributed by atoms with Crippen molar-refractivity contribution in [3.05, 3.63) is 20.8 Å². The molecule has 11 heavy (non-hydrogen) atoms. The van der Waals surface area contributed by atoms with E-state index >= 15 is 0 Å². The predicted octanol–water partition coefficient (Wildman–Crippen LogP) is 1.91. The Morgan fingerprint density at radius 3 is 2.73 bits per heavy atom. The number of carbonyl (C=O) groups excluding carboxylic acids is 1. The number of aldehydes is 1. The maximum atomic E-state index is 10.4. The molecule has 0 aliphatic heterocycles. The number of hydrogen-bond donors (Lipinski definition) is 1. The van der Waals surface area contributed by atoms with E-state index < -0.39 is 5.97 Å². The molecular formula is C6H3ClO3S. The van der Waals surface area contributed by atoms with Crippen molar-refractivity contribution in [2.45, 2.75) is 0 Å². The maximum Gasteiger partial charge on any atom is 0.346 e. The second-order valence-corrected chi connectivity index (χ2v) is 3.44. The van der Waals surface area contributed by atoms with E-state index in [-0.39, 0.29) is 10.4 Å². The maximum absolute atomic E-state index is 10.4. The number of carboxylic acids is 1. The average molecular weight is 191 g/mol. The Labute approximate surface area is 71.2 Å². The summed E-state index contributed by atoms with van der Waals surface area (Å²) in [4.78, 5) is 20.6. The zero-order valence-electron chi connectivity index (χ0n) is 5.20. The highest BCUT2D eigenvalue weighted by atomic mass is 35.5. The van der Waals surface area contributed by atoms with Gasteiger partial charge in [-0.05, 0) is 6.07 Å². The van der Waals surface area contributed by atoms with Gasteiger partial charge in [-0.1, -0.05) is 11.6 Å². The summed E-state index contributed by atoms with van der Waals surface area (Å²) < 4.78 is 0.310. The predicted molar refractivity (Wildman–Crippen MR) is 41.7 cm³/mol. The molecule has 0 aliphatic rings. The fraction of sp³-hybridized carbons (Fsp3) is 0. The van der Waals surface area contributed by atoms with Crippen LogP contribution in [0.2, 0.25) is 4.34 Å². The van der Waals surface area contributed by atoms with Gasteiger partial charge < -0.3 is 5.11 Å². The molecule has 0 unspecified atom stereocenters. The molecule has 1 rings (SSSR count). The Hall–Kier alpha value is -0.870. The molecule has 0 bridgehead atoms. The second-order valence-electron chi connectivity index (χ2n) is 1.76. The highest BCUT2D eigenvalue weighted by Gasteiger charge is 2.13. The SMILES string of the molecule is O=Cc1cc(Cl)sc1C(=O)O. The smallest absolute Gasteiger partial charge is 0.346 e. The first kappa shape index (κ1) is 8.23. The molecule has 0 saturated carbocycles. The van der Waals surface area contributed by atoms with Gasteiger partial charge in [0.05, 0.1) is 4.34 Å². The molecule has 0 aliphatic carbocycles. The van der Waals surface area contributed by atoms with Crippen molar-refractivity contribution in [1.29, 1.82) is 0 Å². The van der Waals surface area contributed by atoms with Crippen molar-refractivity contribution in [1.82, 2.24) is 0 Å². The molecule has 0 atom stereocenters. The van der Waals surface area contributed by atoms with Crippen LogP contribution < -0.4 is 0 Å². The van der Waals surface area contributed by atoms with E-state index in [1.165, 1.54) is 6.07 Å². The lowest BCUT2D eigenvalue weighted by atomic mass is 10.3. The summed E-state index contributed by atoms with van der Waals surface area (Å²) in [6.07, 6.45) is 0.478. The lowest BCUT2D eigenvalue weighted by Gasteiger charge is -1.85. The van der Waals surface area contributed by atoms with Crippen LogP contribution in [0.3, 0.4) is 0 Å². The first-order chi connectivity index (χ1) is 5.15. The Balaban J connectivity index is 3.22. The number of carbonyl (C=O) groups is 2. The molecule has 1 aromatic heterocycles. The van der Waals surface area contributed by atoms with Crippen molar-refractivity contribution in [2.24, 2.45) is 0 Å². The van der Waals surface area contributed by atoms with Gasteiger partial charge in [0.25, 0.3) is 0 Å². The highest BCUT2D eigenvalue weighted by Crippen LogP contribution is 2.25. The molecule has 58 valence electrons. The van der Waals surface area contributed by atoms with E-state index in [0.29, 0.717) is 10.6 Å². The van der Waals surface area contributed by atoms with Gasteiger partial charge in [0.2, 0.25) is 0 Å². The van der Waals surface area contributed by atoms with E-state index in [2.05, 4.69) is 0 Å². The fourth-order valence-corrected chi connectivity index (χ4v) is 1.67. The lowest BCUT2D eigenvalue weighted by molar-refractivity contribution is 0.0699. The Morgan fingerprint density at radius 2 is 2.36 bits per heavy atom. The fourth-order valence-electron chi connectivity index (χ4n) is 0.628. The summed E-state index contributed by atoms with van der Waals surface area (Å²) in [6, 6.07) is 1.34. The van der Waals surface area contributed by atoms with Gasteiger partial charge >= 0.3 is 5.97 Å². The summed E-state index contributed by atoms with van der Waals surface area (Å²) in [7, 11) is 0.